The number of nitrogen functional groups attached to an aromatic ring is 1. The zero-order valence-electron chi connectivity index (χ0n) is 8.41. The summed E-state index contributed by atoms with van der Waals surface area (Å²) in [5, 5.41) is 3.67. The normalized spacial score (nSPS) is 18.6. The van der Waals surface area contributed by atoms with Crippen LogP contribution in [0.3, 0.4) is 0 Å². The zero-order valence-corrected chi connectivity index (χ0v) is 8.41. The van der Waals surface area contributed by atoms with Crippen LogP contribution in [0.4, 0.5) is 5.69 Å². The van der Waals surface area contributed by atoms with Gasteiger partial charge in [-0.15, -0.1) is 0 Å². The van der Waals surface area contributed by atoms with Gasteiger partial charge in [0.25, 0.3) is 0 Å². The Kier molecular flexibility index (Phi) is 3.03. The second kappa shape index (κ2) is 4.46. The fourth-order valence-corrected chi connectivity index (χ4v) is 1.90. The van der Waals surface area contributed by atoms with Gasteiger partial charge in [0.05, 0.1) is 11.9 Å². The Labute approximate surface area is 84.0 Å². The maximum absolute atomic E-state index is 5.68. The van der Waals surface area contributed by atoms with Crippen molar-refractivity contribution in [2.24, 2.45) is 0 Å². The molecule has 1 saturated heterocycles. The highest BCUT2D eigenvalue weighted by Gasteiger charge is 2.11. The van der Waals surface area contributed by atoms with Gasteiger partial charge in [0.1, 0.15) is 0 Å². The van der Waals surface area contributed by atoms with Crippen molar-refractivity contribution >= 4 is 5.69 Å². The van der Waals surface area contributed by atoms with Crippen LogP contribution in [0.15, 0.2) is 10.7 Å². The molecule has 2 heterocycles. The summed E-state index contributed by atoms with van der Waals surface area (Å²) < 4.78 is 5.05. The molecule has 1 aliphatic heterocycles. The number of nitrogens with zero attached hydrogens (tertiary/aromatic N) is 2. The molecule has 14 heavy (non-hydrogen) atoms. The molecule has 1 aliphatic rings. The minimum absolute atomic E-state index is 0.682. The third-order valence-corrected chi connectivity index (χ3v) is 2.78. The Balaban J connectivity index is 1.79. The Morgan fingerprint density at radius 2 is 2.14 bits per heavy atom. The van der Waals surface area contributed by atoms with Crippen molar-refractivity contribution in [3.8, 4) is 0 Å². The number of anilines is 1. The topological polar surface area (TPSA) is 55.3 Å². The van der Waals surface area contributed by atoms with Crippen LogP contribution >= 0.6 is 0 Å². The van der Waals surface area contributed by atoms with Crippen LogP contribution in [0.1, 0.15) is 25.0 Å². The molecule has 2 N–H and O–H groups in total. The van der Waals surface area contributed by atoms with Crippen LogP contribution < -0.4 is 5.73 Å². The molecule has 0 amide bonds. The molecule has 0 saturated carbocycles. The number of hydrogen-bond acceptors (Lipinski definition) is 4. The highest BCUT2D eigenvalue weighted by atomic mass is 16.5. The van der Waals surface area contributed by atoms with Gasteiger partial charge >= 0.3 is 0 Å². The second-order valence-electron chi connectivity index (χ2n) is 3.86. The van der Waals surface area contributed by atoms with Gasteiger partial charge < -0.3 is 15.2 Å². The summed E-state index contributed by atoms with van der Waals surface area (Å²) >= 11 is 0. The fourth-order valence-electron chi connectivity index (χ4n) is 1.90. The van der Waals surface area contributed by atoms with Gasteiger partial charge in [0.2, 0.25) is 0 Å². The number of piperidine rings is 1. The zero-order chi connectivity index (χ0) is 9.80. The summed E-state index contributed by atoms with van der Waals surface area (Å²) in [6.45, 7) is 3.47. The molecule has 78 valence electrons. The first-order valence-electron chi connectivity index (χ1n) is 5.27. The highest BCUT2D eigenvalue weighted by Crippen LogP contribution is 2.13. The number of aromatic nitrogens is 1. The van der Waals surface area contributed by atoms with E-state index in [-0.39, 0.29) is 0 Å². The summed E-state index contributed by atoms with van der Waals surface area (Å²) in [5.41, 5.74) is 6.36. The first-order valence-corrected chi connectivity index (χ1v) is 5.27. The molecule has 1 fully saturated rings. The minimum atomic E-state index is 0.682. The van der Waals surface area contributed by atoms with Crippen molar-refractivity contribution in [1.82, 2.24) is 10.1 Å². The maximum atomic E-state index is 5.68. The van der Waals surface area contributed by atoms with E-state index in [0.29, 0.717) is 5.69 Å². The lowest BCUT2D eigenvalue weighted by molar-refractivity contribution is 0.224. The van der Waals surface area contributed by atoms with Gasteiger partial charge in [-0.3, -0.25) is 0 Å². The van der Waals surface area contributed by atoms with Gasteiger partial charge in [-0.2, -0.15) is 0 Å². The van der Waals surface area contributed by atoms with Crippen molar-refractivity contribution in [2.45, 2.75) is 25.7 Å². The molecule has 0 unspecified atom stereocenters. The maximum Gasteiger partial charge on any atom is 0.160 e. The molecule has 1 aromatic heterocycles. The van der Waals surface area contributed by atoms with E-state index in [9.17, 15) is 0 Å². The van der Waals surface area contributed by atoms with Crippen LogP contribution in [0, 0.1) is 0 Å². The van der Waals surface area contributed by atoms with Gasteiger partial charge in [0.15, 0.2) is 5.76 Å². The summed E-state index contributed by atoms with van der Waals surface area (Å²) in [5.74, 6) is 0.829. The standard InChI is InChI=1S/C10H17N3O/c11-9-8-12-14-10(9)4-7-13-5-2-1-3-6-13/h8H,1-7,11H2. The Morgan fingerprint density at radius 3 is 2.79 bits per heavy atom. The lowest BCUT2D eigenvalue weighted by atomic mass is 10.1. The Morgan fingerprint density at radius 1 is 1.36 bits per heavy atom. The monoisotopic (exact) mass is 195 g/mol. The molecule has 0 aliphatic carbocycles. The molecule has 0 bridgehead atoms. The molecule has 2 rings (SSSR count). The van der Waals surface area contributed by atoms with Crippen molar-refractivity contribution in [2.75, 3.05) is 25.4 Å². The Bertz CT molecular complexity index is 279. The van der Waals surface area contributed by atoms with E-state index < -0.39 is 0 Å². The van der Waals surface area contributed by atoms with Crippen LogP contribution in [0.5, 0.6) is 0 Å². The smallest absolute Gasteiger partial charge is 0.160 e. The van der Waals surface area contributed by atoms with Crippen LogP contribution in [-0.2, 0) is 6.42 Å². The van der Waals surface area contributed by atoms with Gasteiger partial charge in [-0.05, 0) is 25.9 Å². The van der Waals surface area contributed by atoms with E-state index in [1.54, 1.807) is 6.20 Å². The van der Waals surface area contributed by atoms with Crippen molar-refractivity contribution < 1.29 is 4.52 Å². The van der Waals surface area contributed by atoms with E-state index in [1.807, 2.05) is 0 Å². The predicted octanol–water partition coefficient (Wildman–Crippen LogP) is 1.29. The van der Waals surface area contributed by atoms with E-state index >= 15 is 0 Å². The summed E-state index contributed by atoms with van der Waals surface area (Å²) in [6.07, 6.45) is 6.48. The van der Waals surface area contributed by atoms with E-state index in [2.05, 4.69) is 10.1 Å². The largest absolute Gasteiger partial charge is 0.395 e. The van der Waals surface area contributed by atoms with E-state index in [0.717, 1.165) is 18.7 Å². The summed E-state index contributed by atoms with van der Waals surface area (Å²) in [4.78, 5) is 2.46. The van der Waals surface area contributed by atoms with Gasteiger partial charge in [0, 0.05) is 13.0 Å². The van der Waals surface area contributed by atoms with E-state index in [4.69, 9.17) is 10.3 Å². The van der Waals surface area contributed by atoms with Gasteiger partial charge in [-0.1, -0.05) is 11.6 Å². The SMILES string of the molecule is Nc1cnoc1CCN1CCCCC1. The Hall–Kier alpha value is -1.03. The molecule has 4 nitrogen and oxygen atoms in total. The van der Waals surface area contributed by atoms with Crippen LogP contribution in [0.2, 0.25) is 0 Å². The molecule has 0 atom stereocenters. The molecule has 0 aromatic carbocycles. The highest BCUT2D eigenvalue weighted by molar-refractivity contribution is 5.37. The summed E-state index contributed by atoms with van der Waals surface area (Å²) in [7, 11) is 0. The van der Waals surface area contributed by atoms with E-state index in [1.165, 1.54) is 32.4 Å². The first-order chi connectivity index (χ1) is 6.86. The second-order valence-corrected chi connectivity index (χ2v) is 3.86. The quantitative estimate of drug-likeness (QED) is 0.789. The molecule has 1 aromatic rings. The first kappa shape index (κ1) is 9.52. The molecule has 4 heteroatoms. The van der Waals surface area contributed by atoms with Crippen molar-refractivity contribution in [3.05, 3.63) is 12.0 Å². The molecule has 0 spiro atoms. The van der Waals surface area contributed by atoms with Crippen molar-refractivity contribution in [1.29, 1.82) is 0 Å². The average molecular weight is 195 g/mol. The molecule has 0 radical (unpaired) electrons. The lowest BCUT2D eigenvalue weighted by Gasteiger charge is -2.25. The van der Waals surface area contributed by atoms with Crippen LogP contribution in [-0.4, -0.2) is 29.7 Å². The lowest BCUT2D eigenvalue weighted by Crippen LogP contribution is -2.31. The van der Waals surface area contributed by atoms with Crippen LogP contribution in [0.25, 0.3) is 0 Å². The summed E-state index contributed by atoms with van der Waals surface area (Å²) in [6, 6.07) is 0. The number of hydrogen-bond donors (Lipinski definition) is 1. The third-order valence-electron chi connectivity index (χ3n) is 2.78. The number of rotatable bonds is 3. The third kappa shape index (κ3) is 2.26. The predicted molar refractivity (Wildman–Crippen MR) is 54.9 cm³/mol. The molecular weight excluding hydrogens is 178 g/mol. The van der Waals surface area contributed by atoms with Gasteiger partial charge in [-0.25, -0.2) is 0 Å². The average Bonchev–Trinajstić information content (AvgIpc) is 2.63. The molecular formula is C10H17N3O. The number of nitrogens with two attached hydrogens (primary N) is 1. The van der Waals surface area contributed by atoms with Crippen molar-refractivity contribution in [3.63, 3.8) is 0 Å². The minimum Gasteiger partial charge on any atom is -0.395 e. The fraction of sp³-hybridized carbons (Fsp3) is 0.700. The number of likely N-dealkylation sites (tertiary alicyclic amines) is 1.